The molecular formula is C19H20N2O6S2. The van der Waals surface area contributed by atoms with Crippen LogP contribution in [0.1, 0.15) is 35.0 Å². The van der Waals surface area contributed by atoms with Gasteiger partial charge in [-0.2, -0.15) is 17.6 Å². The maximum Gasteiger partial charge on any atom is 0.375 e. The molecule has 0 N–H and O–H groups in total. The minimum absolute atomic E-state index is 0.0203. The van der Waals surface area contributed by atoms with E-state index in [-0.39, 0.29) is 40.6 Å². The molecule has 154 valence electrons. The zero-order chi connectivity index (χ0) is 21.3. The fraction of sp³-hybridized carbons (Fsp3) is 0.368. The number of Topliss-reactive ketones (excluding diaryl/α,β-unsaturated/α-hetero) is 2. The summed E-state index contributed by atoms with van der Waals surface area (Å²) in [6, 6.07) is 6.32. The topological polar surface area (TPSA) is 112 Å². The number of nitrogens with zero attached hydrogens (tertiary/aromatic N) is 2. The third kappa shape index (κ3) is 3.74. The molecule has 0 radical (unpaired) electrons. The number of thioether (sulfide) groups is 1. The first kappa shape index (κ1) is 21.3. The minimum Gasteiger partial charge on any atom is -0.460 e. The lowest BCUT2D eigenvalue weighted by atomic mass is 9.83. The van der Waals surface area contributed by atoms with Gasteiger partial charge in [0.05, 0.1) is 28.7 Å². The van der Waals surface area contributed by atoms with Crippen molar-refractivity contribution in [3.05, 3.63) is 41.1 Å². The summed E-state index contributed by atoms with van der Waals surface area (Å²) in [5.74, 6) is -3.76. The van der Waals surface area contributed by atoms with Crippen molar-refractivity contribution in [3.63, 3.8) is 0 Å². The number of hydrogen-bond acceptors (Lipinski definition) is 8. The fourth-order valence-electron chi connectivity index (χ4n) is 3.21. The van der Waals surface area contributed by atoms with E-state index in [0.29, 0.717) is 0 Å². The average molecular weight is 437 g/mol. The number of fused-ring (bicyclic) bond motifs is 1. The highest BCUT2D eigenvalue weighted by Gasteiger charge is 2.42. The third-order valence-corrected chi connectivity index (χ3v) is 6.98. The number of carbonyl (C=O) groups is 3. The van der Waals surface area contributed by atoms with Crippen molar-refractivity contribution in [2.45, 2.75) is 36.6 Å². The van der Waals surface area contributed by atoms with Crippen molar-refractivity contribution >= 4 is 39.3 Å². The Balaban J connectivity index is 2.06. The lowest BCUT2D eigenvalue weighted by Gasteiger charge is -2.20. The van der Waals surface area contributed by atoms with Gasteiger partial charge in [-0.3, -0.25) is 9.59 Å². The van der Waals surface area contributed by atoms with Crippen molar-refractivity contribution < 1.29 is 27.5 Å². The molecule has 0 spiro atoms. The Morgan fingerprint density at radius 3 is 2.52 bits per heavy atom. The highest BCUT2D eigenvalue weighted by Crippen LogP contribution is 2.34. The number of benzene rings is 1. The number of ether oxygens (including phenoxy) is 1. The molecule has 0 amide bonds. The summed E-state index contributed by atoms with van der Waals surface area (Å²) in [7, 11) is -4.01. The van der Waals surface area contributed by atoms with Crippen LogP contribution in [-0.4, -0.2) is 48.0 Å². The second-order valence-corrected chi connectivity index (χ2v) is 9.09. The van der Waals surface area contributed by atoms with Crippen LogP contribution in [0.4, 0.5) is 0 Å². The van der Waals surface area contributed by atoms with Crippen molar-refractivity contribution in [2.75, 3.05) is 12.9 Å². The van der Waals surface area contributed by atoms with Crippen molar-refractivity contribution in [1.82, 2.24) is 9.19 Å². The number of rotatable bonds is 6. The summed E-state index contributed by atoms with van der Waals surface area (Å²) < 4.78 is 31.8. The zero-order valence-electron chi connectivity index (χ0n) is 16.2. The Kier molecular flexibility index (Phi) is 5.95. The van der Waals surface area contributed by atoms with Gasteiger partial charge in [-0.15, -0.1) is 11.8 Å². The maximum absolute atomic E-state index is 13.1. The van der Waals surface area contributed by atoms with Crippen LogP contribution in [0.5, 0.6) is 0 Å². The standard InChI is InChI=1S/C19H20N2O6S2/c1-4-27-19(24)17(23)13-9-10-14-15(16(13)22)18(28-3)20-21(14)29(25,26)12-7-5-11(2)6-8-12/h5-8,13H,4,9-10H2,1-3H3. The summed E-state index contributed by atoms with van der Waals surface area (Å²) in [5, 5.41) is 4.36. The summed E-state index contributed by atoms with van der Waals surface area (Å²) in [4.78, 5) is 37.1. The normalized spacial score (nSPS) is 16.4. The molecule has 1 aromatic heterocycles. The molecule has 0 bridgehead atoms. The number of carbonyl (C=O) groups excluding carboxylic acids is 3. The van der Waals surface area contributed by atoms with Crippen LogP contribution >= 0.6 is 11.8 Å². The monoisotopic (exact) mass is 436 g/mol. The molecule has 0 saturated carbocycles. The fourth-order valence-corrected chi connectivity index (χ4v) is 5.19. The molecule has 1 atom stereocenters. The zero-order valence-corrected chi connectivity index (χ0v) is 17.8. The number of aromatic nitrogens is 2. The molecule has 29 heavy (non-hydrogen) atoms. The van der Waals surface area contributed by atoms with E-state index >= 15 is 0 Å². The van der Waals surface area contributed by atoms with Crippen LogP contribution in [-0.2, 0) is 30.8 Å². The van der Waals surface area contributed by atoms with E-state index in [0.717, 1.165) is 21.4 Å². The first-order valence-electron chi connectivity index (χ1n) is 8.95. The van der Waals surface area contributed by atoms with Gasteiger partial charge in [-0.25, -0.2) is 4.79 Å². The highest BCUT2D eigenvalue weighted by molar-refractivity contribution is 7.98. The first-order valence-corrected chi connectivity index (χ1v) is 11.6. The van der Waals surface area contributed by atoms with Gasteiger partial charge in [-0.05, 0) is 45.1 Å². The Hall–Kier alpha value is -2.46. The largest absolute Gasteiger partial charge is 0.460 e. The summed E-state index contributed by atoms with van der Waals surface area (Å²) >= 11 is 1.11. The Labute approximate surface area is 172 Å². The Morgan fingerprint density at radius 2 is 1.93 bits per heavy atom. The third-order valence-electron chi connectivity index (χ3n) is 4.68. The average Bonchev–Trinajstić information content (AvgIpc) is 3.09. The molecule has 8 nitrogen and oxygen atoms in total. The highest BCUT2D eigenvalue weighted by atomic mass is 32.2. The molecule has 1 heterocycles. The summed E-state index contributed by atoms with van der Waals surface area (Å²) in [6.07, 6.45) is 1.80. The molecule has 3 rings (SSSR count). The molecule has 0 aliphatic heterocycles. The van der Waals surface area contributed by atoms with Crippen LogP contribution < -0.4 is 0 Å². The van der Waals surface area contributed by atoms with Gasteiger partial charge >= 0.3 is 5.97 Å². The van der Waals surface area contributed by atoms with Gasteiger partial charge in [0, 0.05) is 0 Å². The quantitative estimate of drug-likeness (QED) is 0.293. The van der Waals surface area contributed by atoms with Gasteiger partial charge in [-0.1, -0.05) is 17.7 Å². The number of esters is 1. The van der Waals surface area contributed by atoms with E-state index in [9.17, 15) is 22.8 Å². The smallest absolute Gasteiger partial charge is 0.375 e. The molecule has 2 aromatic rings. The molecule has 10 heteroatoms. The van der Waals surface area contributed by atoms with Gasteiger partial charge in [0.1, 0.15) is 5.03 Å². The lowest BCUT2D eigenvalue weighted by molar-refractivity contribution is -0.154. The maximum atomic E-state index is 13.1. The molecule has 0 fully saturated rings. The van der Waals surface area contributed by atoms with E-state index in [1.165, 1.54) is 12.1 Å². The SMILES string of the molecule is CCOC(=O)C(=O)C1CCc2c(c(SC)nn2S(=O)(=O)c2ccc(C)cc2)C1=O. The number of hydrogen-bond donors (Lipinski definition) is 0. The molecular weight excluding hydrogens is 416 g/mol. The summed E-state index contributed by atoms with van der Waals surface area (Å²) in [6.45, 7) is 3.44. The van der Waals surface area contributed by atoms with Crippen LogP contribution in [0.15, 0.2) is 34.2 Å². The van der Waals surface area contributed by atoms with Gasteiger partial charge in [0.2, 0.25) is 0 Å². The van der Waals surface area contributed by atoms with E-state index in [2.05, 4.69) is 5.10 Å². The summed E-state index contributed by atoms with van der Waals surface area (Å²) in [5.41, 5.74) is 1.22. The van der Waals surface area contributed by atoms with Crippen LogP contribution in [0.2, 0.25) is 0 Å². The molecule has 1 aromatic carbocycles. The number of aryl methyl sites for hydroxylation is 1. The van der Waals surface area contributed by atoms with E-state index < -0.39 is 33.5 Å². The molecule has 0 saturated heterocycles. The van der Waals surface area contributed by atoms with Gasteiger partial charge in [0.25, 0.3) is 15.8 Å². The van der Waals surface area contributed by atoms with Crippen LogP contribution in [0.3, 0.4) is 0 Å². The van der Waals surface area contributed by atoms with Crippen LogP contribution in [0.25, 0.3) is 0 Å². The molecule has 1 aliphatic carbocycles. The molecule has 1 aliphatic rings. The molecule has 1 unspecified atom stereocenters. The minimum atomic E-state index is -4.01. The Morgan fingerprint density at radius 1 is 1.28 bits per heavy atom. The van der Waals surface area contributed by atoms with E-state index in [4.69, 9.17) is 4.74 Å². The number of ketones is 2. The van der Waals surface area contributed by atoms with Crippen molar-refractivity contribution in [1.29, 1.82) is 0 Å². The van der Waals surface area contributed by atoms with Gasteiger partial charge < -0.3 is 4.74 Å². The van der Waals surface area contributed by atoms with Gasteiger partial charge in [0.15, 0.2) is 5.78 Å². The van der Waals surface area contributed by atoms with E-state index in [1.54, 1.807) is 25.3 Å². The van der Waals surface area contributed by atoms with Crippen molar-refractivity contribution in [3.8, 4) is 0 Å². The predicted octanol–water partition coefficient (Wildman–Crippen LogP) is 2.03. The first-order chi connectivity index (χ1) is 13.7. The lowest BCUT2D eigenvalue weighted by Crippen LogP contribution is -2.35. The predicted molar refractivity (Wildman–Crippen MR) is 106 cm³/mol. The van der Waals surface area contributed by atoms with E-state index in [1.807, 2.05) is 6.92 Å². The second kappa shape index (κ2) is 8.11. The van der Waals surface area contributed by atoms with Crippen molar-refractivity contribution in [2.24, 2.45) is 5.92 Å². The van der Waals surface area contributed by atoms with Crippen LogP contribution in [0, 0.1) is 12.8 Å². The second-order valence-electron chi connectivity index (χ2n) is 6.53. The Bertz CT molecular complexity index is 1090.